The van der Waals surface area contributed by atoms with Crippen LogP contribution >= 0.6 is 11.3 Å². The first kappa shape index (κ1) is 14.7. The number of aromatic nitrogens is 2. The minimum atomic E-state index is -3.87. The van der Waals surface area contributed by atoms with Crippen molar-refractivity contribution in [1.82, 2.24) is 14.1 Å². The average molecular weight is 335 g/mol. The summed E-state index contributed by atoms with van der Waals surface area (Å²) in [6, 6.07) is 4.70. The Balaban J connectivity index is 1.91. The minimum absolute atomic E-state index is 0.147. The van der Waals surface area contributed by atoms with Crippen molar-refractivity contribution >= 4 is 32.8 Å². The molecule has 0 atom stereocenters. The van der Waals surface area contributed by atoms with Gasteiger partial charge in [-0.15, -0.1) is 11.3 Å². The number of nitrogens with one attached hydrogen (secondary N) is 1. The Hall–Kier alpha value is -2.19. The minimum Gasteiger partial charge on any atom is -0.306 e. The van der Waals surface area contributed by atoms with Gasteiger partial charge in [0.05, 0.1) is 18.0 Å². The number of rotatable bonds is 3. The normalized spacial score (nSPS) is 11.7. The van der Waals surface area contributed by atoms with Gasteiger partial charge in [0.2, 0.25) is 0 Å². The zero-order chi connectivity index (χ0) is 15.9. The zero-order valence-electron chi connectivity index (χ0n) is 11.9. The van der Waals surface area contributed by atoms with E-state index in [1.807, 2.05) is 6.92 Å². The van der Waals surface area contributed by atoms with Crippen molar-refractivity contribution in [3.63, 3.8) is 0 Å². The molecular formula is C14H13N3O3S2. The number of aryl methyl sites for hydroxylation is 2. The third-order valence-corrected chi connectivity index (χ3v) is 5.74. The monoisotopic (exact) mass is 335 g/mol. The first-order valence-electron chi connectivity index (χ1n) is 6.43. The number of fused-ring (bicyclic) bond motifs is 1. The van der Waals surface area contributed by atoms with Gasteiger partial charge in [0.15, 0.2) is 0 Å². The van der Waals surface area contributed by atoms with Crippen LogP contribution in [0.25, 0.3) is 5.52 Å². The molecule has 3 aromatic heterocycles. The smallest absolute Gasteiger partial charge is 0.265 e. The second-order valence-electron chi connectivity index (χ2n) is 4.85. The number of amides is 1. The lowest BCUT2D eigenvalue weighted by Crippen LogP contribution is -2.30. The Kier molecular flexibility index (Phi) is 3.50. The molecule has 0 saturated carbocycles. The number of nitrogens with zero attached hydrogens (tertiary/aromatic N) is 2. The van der Waals surface area contributed by atoms with Crippen molar-refractivity contribution in [2.24, 2.45) is 0 Å². The molecule has 1 amide bonds. The molecule has 8 heteroatoms. The van der Waals surface area contributed by atoms with Crippen LogP contribution in [0, 0.1) is 13.8 Å². The summed E-state index contributed by atoms with van der Waals surface area (Å²) >= 11 is 1.38. The highest BCUT2D eigenvalue weighted by atomic mass is 32.2. The van der Waals surface area contributed by atoms with Crippen LogP contribution in [0.3, 0.4) is 0 Å². The summed E-state index contributed by atoms with van der Waals surface area (Å²) in [5.74, 6) is -0.660. The van der Waals surface area contributed by atoms with Gasteiger partial charge in [0.25, 0.3) is 15.9 Å². The second-order valence-corrected chi connectivity index (χ2v) is 7.96. The number of carbonyl (C=O) groups is 1. The number of pyridine rings is 1. The highest BCUT2D eigenvalue weighted by Crippen LogP contribution is 2.24. The first-order valence-corrected chi connectivity index (χ1v) is 8.73. The number of carbonyl (C=O) groups excluding carboxylic acids is 1. The van der Waals surface area contributed by atoms with E-state index in [0.29, 0.717) is 10.4 Å². The van der Waals surface area contributed by atoms with E-state index in [1.165, 1.54) is 11.3 Å². The quantitative estimate of drug-likeness (QED) is 0.795. The van der Waals surface area contributed by atoms with Gasteiger partial charge < -0.3 is 4.40 Å². The molecule has 0 bridgehead atoms. The maximum absolute atomic E-state index is 12.3. The predicted molar refractivity (Wildman–Crippen MR) is 83.6 cm³/mol. The Morgan fingerprint density at radius 1 is 1.32 bits per heavy atom. The third kappa shape index (κ3) is 2.62. The van der Waals surface area contributed by atoms with E-state index in [1.54, 1.807) is 48.2 Å². The number of imidazole rings is 1. The fraction of sp³-hybridized carbons (Fsp3) is 0.143. The van der Waals surface area contributed by atoms with Gasteiger partial charge in [-0.2, -0.15) is 0 Å². The van der Waals surface area contributed by atoms with Gasteiger partial charge >= 0.3 is 0 Å². The average Bonchev–Trinajstić information content (AvgIpc) is 3.03. The summed E-state index contributed by atoms with van der Waals surface area (Å²) in [6.07, 6.45) is 4.85. The number of sulfonamides is 1. The summed E-state index contributed by atoms with van der Waals surface area (Å²) in [6.45, 7) is 3.54. The third-order valence-electron chi connectivity index (χ3n) is 3.19. The SMILES string of the molecule is Cc1cc(S(=O)(=O)NC(=O)c2ccn3cncc3c2)c(C)s1. The Labute approximate surface area is 131 Å². The van der Waals surface area contributed by atoms with E-state index < -0.39 is 15.9 Å². The van der Waals surface area contributed by atoms with Crippen molar-refractivity contribution in [3.8, 4) is 0 Å². The fourth-order valence-corrected chi connectivity index (χ4v) is 4.70. The molecule has 0 aromatic carbocycles. The maximum Gasteiger partial charge on any atom is 0.265 e. The van der Waals surface area contributed by atoms with Crippen LogP contribution in [0.4, 0.5) is 0 Å². The van der Waals surface area contributed by atoms with Crippen molar-refractivity contribution in [1.29, 1.82) is 0 Å². The maximum atomic E-state index is 12.3. The molecule has 0 aliphatic rings. The van der Waals surface area contributed by atoms with E-state index >= 15 is 0 Å². The summed E-state index contributed by atoms with van der Waals surface area (Å²) < 4.78 is 28.5. The molecule has 0 saturated heterocycles. The Morgan fingerprint density at radius 3 is 2.77 bits per heavy atom. The molecule has 114 valence electrons. The lowest BCUT2D eigenvalue weighted by atomic mass is 10.2. The molecule has 6 nitrogen and oxygen atoms in total. The summed E-state index contributed by atoms with van der Waals surface area (Å²) in [5.41, 5.74) is 0.980. The molecule has 0 aliphatic heterocycles. The standard InChI is InChI=1S/C14H13N3O3S2/c1-9-5-13(10(2)21-9)22(19,20)16-14(18)11-3-4-17-8-15-7-12(17)6-11/h3-8H,1-2H3,(H,16,18). The molecule has 3 rings (SSSR count). The largest absolute Gasteiger partial charge is 0.306 e. The van der Waals surface area contributed by atoms with Gasteiger partial charge in [-0.1, -0.05) is 0 Å². The van der Waals surface area contributed by atoms with E-state index in [4.69, 9.17) is 0 Å². The van der Waals surface area contributed by atoms with Crippen molar-refractivity contribution < 1.29 is 13.2 Å². The van der Waals surface area contributed by atoms with Gasteiger partial charge in [0, 0.05) is 21.5 Å². The predicted octanol–water partition coefficient (Wildman–Crippen LogP) is 2.13. The molecule has 0 spiro atoms. The molecule has 0 fully saturated rings. The highest BCUT2D eigenvalue weighted by Gasteiger charge is 2.22. The van der Waals surface area contributed by atoms with Gasteiger partial charge in [-0.3, -0.25) is 4.79 Å². The summed E-state index contributed by atoms with van der Waals surface area (Å²) in [5, 5.41) is 0. The Morgan fingerprint density at radius 2 is 2.09 bits per heavy atom. The molecular weight excluding hydrogens is 322 g/mol. The lowest BCUT2D eigenvalue weighted by molar-refractivity contribution is 0.0981. The van der Waals surface area contributed by atoms with E-state index in [-0.39, 0.29) is 10.5 Å². The van der Waals surface area contributed by atoms with Crippen molar-refractivity contribution in [2.75, 3.05) is 0 Å². The molecule has 0 radical (unpaired) electrons. The van der Waals surface area contributed by atoms with Gasteiger partial charge in [-0.25, -0.2) is 18.1 Å². The second kappa shape index (κ2) is 5.22. The van der Waals surface area contributed by atoms with Crippen LogP contribution < -0.4 is 4.72 Å². The molecule has 3 aromatic rings. The van der Waals surface area contributed by atoms with E-state index in [0.717, 1.165) is 4.88 Å². The molecule has 22 heavy (non-hydrogen) atoms. The zero-order valence-corrected chi connectivity index (χ0v) is 13.5. The van der Waals surface area contributed by atoms with Gasteiger partial charge in [-0.05, 0) is 32.0 Å². The van der Waals surface area contributed by atoms with Crippen LogP contribution in [0.2, 0.25) is 0 Å². The molecule has 0 unspecified atom stereocenters. The van der Waals surface area contributed by atoms with Crippen LogP contribution in [0.15, 0.2) is 41.8 Å². The first-order chi connectivity index (χ1) is 10.4. The molecule has 0 aliphatic carbocycles. The van der Waals surface area contributed by atoms with Crippen LogP contribution in [-0.2, 0) is 10.0 Å². The fourth-order valence-electron chi connectivity index (χ4n) is 2.17. The van der Waals surface area contributed by atoms with E-state index in [2.05, 4.69) is 9.71 Å². The molecule has 1 N–H and O–H groups in total. The van der Waals surface area contributed by atoms with E-state index in [9.17, 15) is 13.2 Å². The number of thiophene rings is 1. The Bertz CT molecular complexity index is 970. The summed E-state index contributed by atoms with van der Waals surface area (Å²) in [4.78, 5) is 17.8. The summed E-state index contributed by atoms with van der Waals surface area (Å²) in [7, 11) is -3.87. The number of hydrogen-bond acceptors (Lipinski definition) is 5. The van der Waals surface area contributed by atoms with Gasteiger partial charge in [0.1, 0.15) is 4.90 Å². The van der Waals surface area contributed by atoms with Crippen LogP contribution in [0.5, 0.6) is 0 Å². The topological polar surface area (TPSA) is 80.5 Å². The molecule has 3 heterocycles. The van der Waals surface area contributed by atoms with Crippen molar-refractivity contribution in [2.45, 2.75) is 18.7 Å². The van der Waals surface area contributed by atoms with Crippen LogP contribution in [0.1, 0.15) is 20.1 Å². The van der Waals surface area contributed by atoms with Crippen molar-refractivity contribution in [3.05, 3.63) is 52.2 Å². The van der Waals surface area contributed by atoms with Crippen LogP contribution in [-0.4, -0.2) is 23.7 Å². The number of hydrogen-bond donors (Lipinski definition) is 1. The highest BCUT2D eigenvalue weighted by molar-refractivity contribution is 7.90. The lowest BCUT2D eigenvalue weighted by Gasteiger charge is -2.07.